The van der Waals surface area contributed by atoms with Crippen molar-refractivity contribution in [2.24, 2.45) is 0 Å². The van der Waals surface area contributed by atoms with Gasteiger partial charge in [0, 0.05) is 12.1 Å². The van der Waals surface area contributed by atoms with Gasteiger partial charge in [-0.1, -0.05) is 42.5 Å². The Hall–Kier alpha value is -1.80. The molecule has 0 radical (unpaired) electrons. The first-order valence-electron chi connectivity index (χ1n) is 7.24. The van der Waals surface area contributed by atoms with Crippen LogP contribution in [0.3, 0.4) is 0 Å². The Morgan fingerprint density at radius 2 is 1.60 bits per heavy atom. The molecule has 0 aromatic heterocycles. The lowest BCUT2D eigenvalue weighted by Gasteiger charge is -2.20. The molecular formula is C18H23NO. The molecule has 0 aliphatic heterocycles. The largest absolute Gasteiger partial charge is 0.508 e. The summed E-state index contributed by atoms with van der Waals surface area (Å²) in [6, 6.07) is 18.8. The van der Waals surface area contributed by atoms with Gasteiger partial charge in [-0.05, 0) is 49.9 Å². The molecule has 0 saturated carbocycles. The number of benzene rings is 2. The van der Waals surface area contributed by atoms with E-state index in [1.165, 1.54) is 11.1 Å². The highest BCUT2D eigenvalue weighted by molar-refractivity contribution is 5.26. The van der Waals surface area contributed by atoms with Crippen molar-refractivity contribution in [1.29, 1.82) is 0 Å². The molecule has 2 heteroatoms. The van der Waals surface area contributed by atoms with E-state index in [0.717, 1.165) is 12.8 Å². The van der Waals surface area contributed by atoms with Crippen LogP contribution in [-0.2, 0) is 6.42 Å². The number of aromatic hydroxyl groups is 1. The Bertz CT molecular complexity index is 507. The summed E-state index contributed by atoms with van der Waals surface area (Å²) in [5, 5.41) is 12.9. The fourth-order valence-corrected chi connectivity index (χ4v) is 2.39. The highest BCUT2D eigenvalue weighted by atomic mass is 16.3. The van der Waals surface area contributed by atoms with Crippen molar-refractivity contribution in [3.8, 4) is 5.75 Å². The Kier molecular flexibility index (Phi) is 5.19. The third kappa shape index (κ3) is 4.39. The van der Waals surface area contributed by atoms with Crippen molar-refractivity contribution in [1.82, 2.24) is 5.32 Å². The first kappa shape index (κ1) is 14.6. The normalized spacial score (nSPS) is 13.9. The van der Waals surface area contributed by atoms with Crippen LogP contribution in [-0.4, -0.2) is 11.1 Å². The van der Waals surface area contributed by atoms with Crippen LogP contribution < -0.4 is 5.32 Å². The van der Waals surface area contributed by atoms with E-state index in [0.29, 0.717) is 17.8 Å². The van der Waals surface area contributed by atoms with E-state index in [1.807, 2.05) is 18.2 Å². The molecule has 2 aromatic carbocycles. The van der Waals surface area contributed by atoms with Crippen LogP contribution in [0.2, 0.25) is 0 Å². The molecule has 106 valence electrons. The third-order valence-electron chi connectivity index (χ3n) is 3.64. The highest BCUT2D eigenvalue weighted by Crippen LogP contribution is 2.15. The van der Waals surface area contributed by atoms with E-state index < -0.39 is 0 Å². The van der Waals surface area contributed by atoms with Crippen LogP contribution in [0.25, 0.3) is 0 Å². The first-order chi connectivity index (χ1) is 9.65. The molecule has 0 heterocycles. The lowest BCUT2D eigenvalue weighted by Crippen LogP contribution is -2.29. The van der Waals surface area contributed by atoms with Crippen molar-refractivity contribution < 1.29 is 5.11 Å². The summed E-state index contributed by atoms with van der Waals surface area (Å²) >= 11 is 0. The lowest BCUT2D eigenvalue weighted by atomic mass is 10.0. The van der Waals surface area contributed by atoms with E-state index in [2.05, 4.69) is 43.4 Å². The van der Waals surface area contributed by atoms with Crippen molar-refractivity contribution in [2.45, 2.75) is 38.8 Å². The molecular weight excluding hydrogens is 246 g/mol. The van der Waals surface area contributed by atoms with Crippen molar-refractivity contribution in [3.63, 3.8) is 0 Å². The number of hydrogen-bond acceptors (Lipinski definition) is 2. The van der Waals surface area contributed by atoms with Crippen molar-refractivity contribution in [2.75, 3.05) is 0 Å². The Labute approximate surface area is 121 Å². The quantitative estimate of drug-likeness (QED) is 0.828. The number of phenols is 1. The van der Waals surface area contributed by atoms with E-state index >= 15 is 0 Å². The summed E-state index contributed by atoms with van der Waals surface area (Å²) < 4.78 is 0. The Morgan fingerprint density at radius 1 is 0.950 bits per heavy atom. The molecule has 0 bridgehead atoms. The van der Waals surface area contributed by atoms with Crippen LogP contribution in [0.1, 0.15) is 37.4 Å². The standard InChI is InChI=1S/C18H23NO/c1-14(8-9-16-10-12-18(20)13-11-16)19-15(2)17-6-4-3-5-7-17/h3-7,10-15,19-20H,8-9H2,1-2H3/t14?,15-/m0/s1. The summed E-state index contributed by atoms with van der Waals surface area (Å²) in [7, 11) is 0. The molecule has 0 amide bonds. The summed E-state index contributed by atoms with van der Waals surface area (Å²) in [6.45, 7) is 4.42. The molecule has 20 heavy (non-hydrogen) atoms. The smallest absolute Gasteiger partial charge is 0.115 e. The summed E-state index contributed by atoms with van der Waals surface area (Å²) in [4.78, 5) is 0. The second-order valence-electron chi connectivity index (χ2n) is 5.41. The number of aryl methyl sites for hydroxylation is 1. The molecule has 0 spiro atoms. The lowest BCUT2D eigenvalue weighted by molar-refractivity contribution is 0.456. The number of phenolic OH excluding ortho intramolecular Hbond substituents is 1. The molecule has 0 aliphatic carbocycles. The second-order valence-corrected chi connectivity index (χ2v) is 5.41. The summed E-state index contributed by atoms with van der Waals surface area (Å²) in [6.07, 6.45) is 2.11. The Balaban J connectivity index is 1.80. The average molecular weight is 269 g/mol. The minimum Gasteiger partial charge on any atom is -0.508 e. The van der Waals surface area contributed by atoms with Crippen LogP contribution in [0.15, 0.2) is 54.6 Å². The van der Waals surface area contributed by atoms with Crippen LogP contribution >= 0.6 is 0 Å². The van der Waals surface area contributed by atoms with Gasteiger partial charge in [0.1, 0.15) is 5.75 Å². The maximum absolute atomic E-state index is 9.27. The predicted octanol–water partition coefficient (Wildman–Crippen LogP) is 4.06. The minimum atomic E-state index is 0.331. The monoisotopic (exact) mass is 269 g/mol. The zero-order valence-corrected chi connectivity index (χ0v) is 12.2. The maximum atomic E-state index is 9.27. The Morgan fingerprint density at radius 3 is 2.25 bits per heavy atom. The summed E-state index contributed by atoms with van der Waals surface area (Å²) in [5.74, 6) is 0.331. The zero-order valence-electron chi connectivity index (χ0n) is 12.2. The van der Waals surface area contributed by atoms with Crippen molar-refractivity contribution in [3.05, 3.63) is 65.7 Å². The van der Waals surface area contributed by atoms with Gasteiger partial charge < -0.3 is 10.4 Å². The van der Waals surface area contributed by atoms with Gasteiger partial charge in [-0.25, -0.2) is 0 Å². The fourth-order valence-electron chi connectivity index (χ4n) is 2.39. The van der Waals surface area contributed by atoms with Crippen molar-refractivity contribution >= 4 is 0 Å². The van der Waals surface area contributed by atoms with Gasteiger partial charge in [-0.2, -0.15) is 0 Å². The van der Waals surface area contributed by atoms with Gasteiger partial charge in [0.15, 0.2) is 0 Å². The highest BCUT2D eigenvalue weighted by Gasteiger charge is 2.09. The van der Waals surface area contributed by atoms with Crippen LogP contribution in [0, 0.1) is 0 Å². The van der Waals surface area contributed by atoms with Gasteiger partial charge in [0.2, 0.25) is 0 Å². The third-order valence-corrected chi connectivity index (χ3v) is 3.64. The van der Waals surface area contributed by atoms with Crippen LogP contribution in [0.5, 0.6) is 5.75 Å². The molecule has 2 rings (SSSR count). The van der Waals surface area contributed by atoms with E-state index in [-0.39, 0.29) is 0 Å². The molecule has 0 saturated heterocycles. The summed E-state index contributed by atoms with van der Waals surface area (Å²) in [5.41, 5.74) is 2.59. The zero-order chi connectivity index (χ0) is 14.4. The molecule has 2 atom stereocenters. The van der Waals surface area contributed by atoms with E-state index in [1.54, 1.807) is 12.1 Å². The first-order valence-corrected chi connectivity index (χ1v) is 7.24. The molecule has 2 nitrogen and oxygen atoms in total. The second kappa shape index (κ2) is 7.11. The van der Waals surface area contributed by atoms with Gasteiger partial charge >= 0.3 is 0 Å². The van der Waals surface area contributed by atoms with Gasteiger partial charge in [0.25, 0.3) is 0 Å². The minimum absolute atomic E-state index is 0.331. The molecule has 1 unspecified atom stereocenters. The average Bonchev–Trinajstić information content (AvgIpc) is 2.47. The van der Waals surface area contributed by atoms with E-state index in [9.17, 15) is 5.11 Å². The molecule has 2 aromatic rings. The fraction of sp³-hybridized carbons (Fsp3) is 0.333. The van der Waals surface area contributed by atoms with Crippen LogP contribution in [0.4, 0.5) is 0 Å². The number of rotatable bonds is 6. The molecule has 0 aliphatic rings. The predicted molar refractivity (Wildman–Crippen MR) is 83.9 cm³/mol. The van der Waals surface area contributed by atoms with E-state index in [4.69, 9.17) is 0 Å². The SMILES string of the molecule is CC(CCc1ccc(O)cc1)N[C@@H](C)c1ccccc1. The van der Waals surface area contributed by atoms with Gasteiger partial charge in [-0.3, -0.25) is 0 Å². The molecule has 2 N–H and O–H groups in total. The number of hydrogen-bond donors (Lipinski definition) is 2. The molecule has 0 fully saturated rings. The number of nitrogens with one attached hydrogen (secondary N) is 1. The van der Waals surface area contributed by atoms with Gasteiger partial charge in [0.05, 0.1) is 0 Å². The maximum Gasteiger partial charge on any atom is 0.115 e. The van der Waals surface area contributed by atoms with Gasteiger partial charge in [-0.15, -0.1) is 0 Å². The topological polar surface area (TPSA) is 32.3 Å².